The molecule has 0 bridgehead atoms. The first-order chi connectivity index (χ1) is 6.10. The van der Waals surface area contributed by atoms with Crippen LogP contribution in [-0.4, -0.2) is 20.8 Å². The normalized spacial score (nSPS) is 13.0. The van der Waals surface area contributed by atoms with Gasteiger partial charge in [-0.15, -0.1) is 0 Å². The van der Waals surface area contributed by atoms with E-state index in [1.807, 2.05) is 0 Å². The van der Waals surface area contributed by atoms with E-state index in [1.165, 1.54) is 0 Å². The summed E-state index contributed by atoms with van der Waals surface area (Å²) in [4.78, 5) is 0. The number of hydrogen-bond donors (Lipinski definition) is 0. The molecule has 0 amide bonds. The molecule has 0 atom stereocenters. The van der Waals surface area contributed by atoms with Crippen molar-refractivity contribution in [3.05, 3.63) is 0 Å². The highest BCUT2D eigenvalue weighted by atomic mass is 35.6. The van der Waals surface area contributed by atoms with Gasteiger partial charge in [-0.25, -0.2) is 4.57 Å². The first-order valence-electron chi connectivity index (χ1n) is 2.97. The highest BCUT2D eigenvalue weighted by Gasteiger charge is 2.25. The van der Waals surface area contributed by atoms with E-state index in [0.29, 0.717) is 0 Å². The second-order valence-corrected chi connectivity index (χ2v) is 8.00. The second kappa shape index (κ2) is 6.48. The Bertz CT molecular complexity index is 178. The van der Waals surface area contributed by atoms with Gasteiger partial charge in [0.15, 0.2) is 0 Å². The fourth-order valence-corrected chi connectivity index (χ4v) is 1.75. The quantitative estimate of drug-likeness (QED) is 0.560. The molecule has 0 spiro atoms. The second-order valence-electron chi connectivity index (χ2n) is 2.00. The zero-order valence-electron chi connectivity index (χ0n) is 6.35. The molecule has 0 fully saturated rings. The summed E-state index contributed by atoms with van der Waals surface area (Å²) in [6, 6.07) is 0. The molecule has 14 heavy (non-hydrogen) atoms. The molecule has 0 unspecified atom stereocenters. The topological polar surface area (TPSA) is 35.5 Å². The van der Waals surface area contributed by atoms with Crippen LogP contribution >= 0.6 is 77.9 Å². The molecular formula is C4H4Cl6O3P. The van der Waals surface area contributed by atoms with Gasteiger partial charge < -0.3 is 0 Å². The Balaban J connectivity index is 3.68. The lowest BCUT2D eigenvalue weighted by atomic mass is 10.9. The summed E-state index contributed by atoms with van der Waals surface area (Å²) in [5, 5.41) is 0. The SMILES string of the molecule is O=[P](OCC(Cl)(Cl)Cl)OCC(Cl)(Cl)Cl. The van der Waals surface area contributed by atoms with Crippen LogP contribution in [-0.2, 0) is 13.6 Å². The van der Waals surface area contributed by atoms with Gasteiger partial charge in [-0.2, -0.15) is 0 Å². The van der Waals surface area contributed by atoms with Gasteiger partial charge in [0.05, 0.1) is 0 Å². The van der Waals surface area contributed by atoms with Crippen molar-refractivity contribution >= 4 is 77.9 Å². The van der Waals surface area contributed by atoms with Crippen LogP contribution in [0.3, 0.4) is 0 Å². The zero-order chi connectivity index (χ0) is 11.4. The van der Waals surface area contributed by atoms with Gasteiger partial charge in [0, 0.05) is 0 Å². The summed E-state index contributed by atoms with van der Waals surface area (Å²) in [6.07, 6.45) is 0. The molecule has 0 aliphatic rings. The highest BCUT2D eigenvalue weighted by Crippen LogP contribution is 2.35. The van der Waals surface area contributed by atoms with E-state index >= 15 is 0 Å². The Hall–Kier alpha value is 1.76. The van der Waals surface area contributed by atoms with Gasteiger partial charge in [0.1, 0.15) is 13.2 Å². The maximum Gasteiger partial charge on any atom is 0.369 e. The van der Waals surface area contributed by atoms with Crippen LogP contribution in [0, 0.1) is 0 Å². The van der Waals surface area contributed by atoms with Crippen molar-refractivity contribution in [3.63, 3.8) is 0 Å². The summed E-state index contributed by atoms with van der Waals surface area (Å²) in [5.41, 5.74) is 0. The highest BCUT2D eigenvalue weighted by molar-refractivity contribution is 7.33. The number of rotatable bonds is 4. The zero-order valence-corrected chi connectivity index (χ0v) is 11.8. The van der Waals surface area contributed by atoms with Crippen LogP contribution in [0.5, 0.6) is 0 Å². The maximum atomic E-state index is 10.9. The Morgan fingerprint density at radius 3 is 1.36 bits per heavy atom. The van der Waals surface area contributed by atoms with E-state index in [4.69, 9.17) is 69.6 Å². The van der Waals surface area contributed by atoms with E-state index in [9.17, 15) is 4.57 Å². The number of hydrogen-bond acceptors (Lipinski definition) is 3. The average molecular weight is 344 g/mol. The van der Waals surface area contributed by atoms with Crippen LogP contribution < -0.4 is 0 Å². The van der Waals surface area contributed by atoms with Gasteiger partial charge in [-0.1, -0.05) is 69.6 Å². The predicted octanol–water partition coefficient (Wildman–Crippen LogP) is 4.42. The molecule has 0 aromatic heterocycles. The molecule has 3 nitrogen and oxygen atoms in total. The third-order valence-electron chi connectivity index (χ3n) is 0.667. The number of alkyl halides is 6. The van der Waals surface area contributed by atoms with Crippen molar-refractivity contribution < 1.29 is 13.6 Å². The minimum Gasteiger partial charge on any atom is -0.278 e. The first-order valence-corrected chi connectivity index (χ1v) is 6.33. The van der Waals surface area contributed by atoms with Crippen molar-refractivity contribution in [1.82, 2.24) is 0 Å². The molecule has 0 aromatic carbocycles. The van der Waals surface area contributed by atoms with E-state index in [1.54, 1.807) is 0 Å². The fourth-order valence-electron chi connectivity index (χ4n) is 0.289. The molecule has 85 valence electrons. The van der Waals surface area contributed by atoms with Gasteiger partial charge >= 0.3 is 8.25 Å². The molecule has 0 saturated carbocycles. The molecule has 1 radical (unpaired) electrons. The van der Waals surface area contributed by atoms with Crippen LogP contribution in [0.4, 0.5) is 0 Å². The predicted molar refractivity (Wildman–Crippen MR) is 60.1 cm³/mol. The molecule has 0 aliphatic carbocycles. The molecular weight excluding hydrogens is 340 g/mol. The van der Waals surface area contributed by atoms with Gasteiger partial charge in [0.25, 0.3) is 0 Å². The lowest BCUT2D eigenvalue weighted by Crippen LogP contribution is -2.12. The molecule has 0 aliphatic heterocycles. The molecule has 0 N–H and O–H groups in total. The van der Waals surface area contributed by atoms with Crippen molar-refractivity contribution in [2.45, 2.75) is 7.59 Å². The van der Waals surface area contributed by atoms with E-state index in [2.05, 4.69) is 9.05 Å². The van der Waals surface area contributed by atoms with Crippen LogP contribution in [0.25, 0.3) is 0 Å². The Morgan fingerprint density at radius 1 is 0.857 bits per heavy atom. The third kappa shape index (κ3) is 11.8. The van der Waals surface area contributed by atoms with Gasteiger partial charge in [-0.05, 0) is 0 Å². The molecule has 0 saturated heterocycles. The largest absolute Gasteiger partial charge is 0.369 e. The maximum absolute atomic E-state index is 10.9. The lowest BCUT2D eigenvalue weighted by Gasteiger charge is -2.12. The van der Waals surface area contributed by atoms with Crippen LogP contribution in [0.15, 0.2) is 0 Å². The Morgan fingerprint density at radius 2 is 1.14 bits per heavy atom. The summed E-state index contributed by atoms with van der Waals surface area (Å²) in [6.45, 7) is -0.764. The van der Waals surface area contributed by atoms with Crippen molar-refractivity contribution in [2.75, 3.05) is 13.2 Å². The van der Waals surface area contributed by atoms with E-state index in [0.717, 1.165) is 0 Å². The minimum atomic E-state index is -2.47. The molecule has 0 heterocycles. The van der Waals surface area contributed by atoms with Crippen LogP contribution in [0.2, 0.25) is 0 Å². The average Bonchev–Trinajstić information content (AvgIpc) is 1.94. The van der Waals surface area contributed by atoms with E-state index < -0.39 is 15.8 Å². The fraction of sp³-hybridized carbons (Fsp3) is 1.00. The smallest absolute Gasteiger partial charge is 0.278 e. The monoisotopic (exact) mass is 341 g/mol. The van der Waals surface area contributed by atoms with Gasteiger partial charge in [0.2, 0.25) is 7.59 Å². The van der Waals surface area contributed by atoms with Crippen molar-refractivity contribution in [3.8, 4) is 0 Å². The summed E-state index contributed by atoms with van der Waals surface area (Å²) in [7, 11) is -2.47. The molecule has 0 aromatic rings. The summed E-state index contributed by atoms with van der Waals surface area (Å²) in [5.74, 6) is 0. The molecule has 10 heteroatoms. The van der Waals surface area contributed by atoms with Crippen molar-refractivity contribution in [1.29, 1.82) is 0 Å². The minimum absolute atomic E-state index is 0.382. The lowest BCUT2D eigenvalue weighted by molar-refractivity contribution is 0.232. The standard InChI is InChI=1S/C4H4Cl6O3P/c5-3(6,7)1-12-14(11)13-2-4(8,9)10/h1-2H2. The summed E-state index contributed by atoms with van der Waals surface area (Å²) < 4.78 is 16.6. The molecule has 0 rings (SSSR count). The Kier molecular flexibility index (Phi) is 7.30. The van der Waals surface area contributed by atoms with E-state index in [-0.39, 0.29) is 13.2 Å². The third-order valence-corrected chi connectivity index (χ3v) is 2.00. The number of halogens is 6. The summed E-state index contributed by atoms with van der Waals surface area (Å²) >= 11 is 31.9. The Labute approximate surface area is 112 Å². The first kappa shape index (κ1) is 15.8. The van der Waals surface area contributed by atoms with Crippen LogP contribution in [0.1, 0.15) is 0 Å². The van der Waals surface area contributed by atoms with Gasteiger partial charge in [-0.3, -0.25) is 9.05 Å². The van der Waals surface area contributed by atoms with Crippen molar-refractivity contribution in [2.24, 2.45) is 0 Å².